The molecule has 1 saturated heterocycles. The lowest BCUT2D eigenvalue weighted by molar-refractivity contribution is 0.129. The first-order chi connectivity index (χ1) is 10.7. The molecule has 3 heterocycles. The molecular weight excluding hydrogens is 300 g/mol. The van der Waals surface area contributed by atoms with Crippen LogP contribution in [0.25, 0.3) is 0 Å². The minimum absolute atomic E-state index is 0.0164. The van der Waals surface area contributed by atoms with Gasteiger partial charge in [-0.15, -0.1) is 10.2 Å². The Kier molecular flexibility index (Phi) is 4.42. The maximum atomic E-state index is 12.6. The van der Waals surface area contributed by atoms with Gasteiger partial charge in [0.2, 0.25) is 5.13 Å². The van der Waals surface area contributed by atoms with Crippen molar-refractivity contribution < 1.29 is 9.21 Å². The fourth-order valence-corrected chi connectivity index (χ4v) is 3.41. The molecule has 0 unspecified atom stereocenters. The van der Waals surface area contributed by atoms with E-state index in [1.54, 1.807) is 6.26 Å². The quantitative estimate of drug-likeness (QED) is 0.936. The zero-order valence-electron chi connectivity index (χ0n) is 12.8. The molecule has 0 aliphatic carbocycles. The average Bonchev–Trinajstić information content (AvgIpc) is 3.18. The molecule has 1 fully saturated rings. The van der Waals surface area contributed by atoms with Crippen LogP contribution < -0.4 is 5.32 Å². The van der Waals surface area contributed by atoms with Crippen molar-refractivity contribution in [1.29, 1.82) is 0 Å². The van der Waals surface area contributed by atoms with Gasteiger partial charge in [0.15, 0.2) is 0 Å². The number of nitrogens with one attached hydrogen (secondary N) is 1. The van der Waals surface area contributed by atoms with Crippen LogP contribution in [0.1, 0.15) is 43.5 Å². The van der Waals surface area contributed by atoms with Crippen molar-refractivity contribution in [2.45, 2.75) is 39.2 Å². The third-order valence-electron chi connectivity index (χ3n) is 3.98. The summed E-state index contributed by atoms with van der Waals surface area (Å²) in [4.78, 5) is 14.4. The first kappa shape index (κ1) is 15.0. The Bertz CT molecular complexity index is 625. The summed E-state index contributed by atoms with van der Waals surface area (Å²) in [5.41, 5.74) is 0. The van der Waals surface area contributed by atoms with E-state index < -0.39 is 0 Å². The van der Waals surface area contributed by atoms with E-state index in [9.17, 15) is 4.79 Å². The summed E-state index contributed by atoms with van der Waals surface area (Å²) in [6.45, 7) is 4.95. The summed E-state index contributed by atoms with van der Waals surface area (Å²) in [5, 5.41) is 12.4. The second kappa shape index (κ2) is 6.48. The summed E-state index contributed by atoms with van der Waals surface area (Å²) in [7, 11) is 0. The number of carbonyl (C=O) groups is 1. The third kappa shape index (κ3) is 3.14. The van der Waals surface area contributed by atoms with E-state index in [1.165, 1.54) is 11.3 Å². The smallest absolute Gasteiger partial charge is 0.324 e. The van der Waals surface area contributed by atoms with E-state index in [-0.39, 0.29) is 12.1 Å². The molecule has 0 spiro atoms. The normalized spacial score (nSPS) is 21.8. The topological polar surface area (TPSA) is 71.3 Å². The number of carbonyl (C=O) groups excluding carboxylic acids is 1. The first-order valence-electron chi connectivity index (χ1n) is 7.60. The van der Waals surface area contributed by atoms with Gasteiger partial charge >= 0.3 is 6.03 Å². The molecule has 0 saturated carbocycles. The molecule has 3 rings (SSSR count). The highest BCUT2D eigenvalue weighted by Crippen LogP contribution is 2.34. The van der Waals surface area contributed by atoms with Gasteiger partial charge in [0.05, 0.1) is 12.3 Å². The maximum absolute atomic E-state index is 12.6. The van der Waals surface area contributed by atoms with Crippen LogP contribution in [0.3, 0.4) is 0 Å². The lowest BCUT2D eigenvalue weighted by Gasteiger charge is -2.37. The standard InChI is InChI=1S/C15H20N4O2S/c1-3-13-17-18-14(22-13)16-15(20)19-7-6-10(2)9-11(19)12-5-4-8-21-12/h4-5,8,10-11H,3,6-7,9H2,1-2H3,(H,16,18,20)/t10-,11+/m1/s1. The van der Waals surface area contributed by atoms with Crippen molar-refractivity contribution in [3.05, 3.63) is 29.2 Å². The van der Waals surface area contributed by atoms with Crippen LogP contribution in [0.2, 0.25) is 0 Å². The lowest BCUT2D eigenvalue weighted by atomic mass is 9.91. The third-order valence-corrected chi connectivity index (χ3v) is 4.96. The summed E-state index contributed by atoms with van der Waals surface area (Å²) < 4.78 is 5.53. The van der Waals surface area contributed by atoms with Crippen molar-refractivity contribution >= 4 is 22.5 Å². The highest BCUT2D eigenvalue weighted by Gasteiger charge is 2.33. The van der Waals surface area contributed by atoms with Gasteiger partial charge in [0.25, 0.3) is 0 Å². The van der Waals surface area contributed by atoms with Crippen LogP contribution in [-0.4, -0.2) is 27.7 Å². The molecule has 0 radical (unpaired) electrons. The molecule has 6 nitrogen and oxygen atoms in total. The van der Waals surface area contributed by atoms with Crippen molar-refractivity contribution in [3.63, 3.8) is 0 Å². The summed E-state index contributed by atoms with van der Waals surface area (Å²) in [6, 6.07) is 3.65. The number of anilines is 1. The second-order valence-corrected chi connectivity index (χ2v) is 6.70. The van der Waals surface area contributed by atoms with Gasteiger partial charge in [-0.1, -0.05) is 25.2 Å². The van der Waals surface area contributed by atoms with Crippen molar-refractivity contribution in [1.82, 2.24) is 15.1 Å². The summed E-state index contributed by atoms with van der Waals surface area (Å²) in [6.07, 6.45) is 4.39. The molecule has 22 heavy (non-hydrogen) atoms. The Morgan fingerprint density at radius 3 is 3.09 bits per heavy atom. The molecule has 1 N–H and O–H groups in total. The van der Waals surface area contributed by atoms with E-state index in [0.717, 1.165) is 36.6 Å². The zero-order valence-corrected chi connectivity index (χ0v) is 13.6. The number of amides is 2. The van der Waals surface area contributed by atoms with Gasteiger partial charge in [-0.3, -0.25) is 5.32 Å². The van der Waals surface area contributed by atoms with E-state index in [2.05, 4.69) is 22.4 Å². The Morgan fingerprint density at radius 1 is 1.55 bits per heavy atom. The number of nitrogens with zero attached hydrogens (tertiary/aromatic N) is 3. The van der Waals surface area contributed by atoms with E-state index >= 15 is 0 Å². The molecule has 2 aromatic heterocycles. The number of hydrogen-bond donors (Lipinski definition) is 1. The van der Waals surface area contributed by atoms with Crippen molar-refractivity contribution in [3.8, 4) is 0 Å². The zero-order chi connectivity index (χ0) is 15.5. The molecule has 1 aliphatic heterocycles. The number of aryl methyl sites for hydroxylation is 1. The van der Waals surface area contributed by atoms with Crippen molar-refractivity contribution in [2.75, 3.05) is 11.9 Å². The fraction of sp³-hybridized carbons (Fsp3) is 0.533. The van der Waals surface area contributed by atoms with E-state index in [0.29, 0.717) is 11.0 Å². The Hall–Kier alpha value is -1.89. The Morgan fingerprint density at radius 2 is 2.41 bits per heavy atom. The first-order valence-corrected chi connectivity index (χ1v) is 8.42. The van der Waals surface area contributed by atoms with Crippen LogP contribution in [0, 0.1) is 5.92 Å². The van der Waals surface area contributed by atoms with Gasteiger partial charge in [-0.25, -0.2) is 4.79 Å². The molecule has 2 aromatic rings. The highest BCUT2D eigenvalue weighted by atomic mass is 32.1. The van der Waals surface area contributed by atoms with Crippen LogP contribution in [0.15, 0.2) is 22.8 Å². The second-order valence-electron chi connectivity index (χ2n) is 5.64. The van der Waals surface area contributed by atoms with Crippen LogP contribution in [0.4, 0.5) is 9.93 Å². The highest BCUT2D eigenvalue weighted by molar-refractivity contribution is 7.15. The minimum atomic E-state index is -0.132. The summed E-state index contributed by atoms with van der Waals surface area (Å²) in [5.74, 6) is 1.42. The number of furan rings is 1. The van der Waals surface area contributed by atoms with Crippen LogP contribution in [0.5, 0.6) is 0 Å². The molecule has 1 aliphatic rings. The lowest BCUT2D eigenvalue weighted by Crippen LogP contribution is -2.42. The molecular formula is C15H20N4O2S. The largest absolute Gasteiger partial charge is 0.467 e. The van der Waals surface area contributed by atoms with Crippen molar-refractivity contribution in [2.24, 2.45) is 5.92 Å². The van der Waals surface area contributed by atoms with E-state index in [4.69, 9.17) is 4.42 Å². The number of likely N-dealkylation sites (tertiary alicyclic amines) is 1. The van der Waals surface area contributed by atoms with Crippen LogP contribution >= 0.6 is 11.3 Å². The number of urea groups is 1. The van der Waals surface area contributed by atoms with E-state index in [1.807, 2.05) is 24.0 Å². The van der Waals surface area contributed by atoms with Gasteiger partial charge < -0.3 is 9.32 Å². The number of rotatable bonds is 3. The Balaban J connectivity index is 1.74. The minimum Gasteiger partial charge on any atom is -0.467 e. The predicted molar refractivity (Wildman–Crippen MR) is 84.9 cm³/mol. The number of piperidine rings is 1. The monoisotopic (exact) mass is 320 g/mol. The van der Waals surface area contributed by atoms with Gasteiger partial charge in [-0.2, -0.15) is 0 Å². The number of hydrogen-bond acceptors (Lipinski definition) is 5. The molecule has 0 bridgehead atoms. The van der Waals surface area contributed by atoms with Gasteiger partial charge in [0.1, 0.15) is 10.8 Å². The number of aromatic nitrogens is 2. The van der Waals surface area contributed by atoms with Crippen LogP contribution in [-0.2, 0) is 6.42 Å². The van der Waals surface area contributed by atoms with Gasteiger partial charge in [0, 0.05) is 6.54 Å². The summed E-state index contributed by atoms with van der Waals surface area (Å²) >= 11 is 1.42. The molecule has 118 valence electrons. The predicted octanol–water partition coefficient (Wildman–Crippen LogP) is 3.70. The SMILES string of the molecule is CCc1nnc(NC(=O)N2CC[C@@H](C)C[C@H]2c2ccco2)s1. The van der Waals surface area contributed by atoms with Gasteiger partial charge in [-0.05, 0) is 37.3 Å². The average molecular weight is 320 g/mol. The molecule has 7 heteroatoms. The maximum Gasteiger partial charge on any atom is 0.324 e. The molecule has 2 amide bonds. The molecule has 0 aromatic carbocycles. The fourth-order valence-electron chi connectivity index (χ4n) is 2.75. The molecule has 2 atom stereocenters. The Labute approximate surface area is 133 Å².